The maximum Gasteiger partial charge on any atom is 0.194 e. The Hall–Kier alpha value is -1.15. The first kappa shape index (κ1) is 14.3. The molecule has 0 atom stereocenters. The third-order valence-corrected chi connectivity index (χ3v) is 4.44. The number of aliphatic hydroxyl groups is 1. The Morgan fingerprint density at radius 3 is 2.05 bits per heavy atom. The predicted octanol–water partition coefficient (Wildman–Crippen LogP) is 3.88. The van der Waals surface area contributed by atoms with Crippen molar-refractivity contribution in [3.05, 3.63) is 34.4 Å². The quantitative estimate of drug-likeness (QED) is 0.647. The molecule has 2 heteroatoms. The van der Waals surface area contributed by atoms with Gasteiger partial charge in [-0.05, 0) is 56.4 Å². The highest BCUT2D eigenvalue weighted by molar-refractivity contribution is 6.03. The average Bonchev–Trinajstić information content (AvgIpc) is 2.59. The Kier molecular flexibility index (Phi) is 4.10. The molecule has 2 rings (SSSR count). The molecule has 0 bridgehead atoms. The predicted molar refractivity (Wildman–Crippen MR) is 77.6 cm³/mol. The normalized spacial score (nSPS) is 18.9. The van der Waals surface area contributed by atoms with Crippen molar-refractivity contribution in [2.24, 2.45) is 0 Å². The van der Waals surface area contributed by atoms with Gasteiger partial charge in [0.1, 0.15) is 5.60 Å². The van der Waals surface area contributed by atoms with Crippen molar-refractivity contribution in [1.29, 1.82) is 0 Å². The van der Waals surface area contributed by atoms with Crippen molar-refractivity contribution < 1.29 is 9.90 Å². The largest absolute Gasteiger partial charge is 0.382 e. The summed E-state index contributed by atoms with van der Waals surface area (Å²) >= 11 is 0. The molecule has 1 N–H and O–H groups in total. The minimum Gasteiger partial charge on any atom is -0.382 e. The van der Waals surface area contributed by atoms with E-state index in [9.17, 15) is 9.90 Å². The summed E-state index contributed by atoms with van der Waals surface area (Å²) < 4.78 is 0. The SMILES string of the molecule is Cc1cc(C)c(C(=O)C2(O)CCCCCC2)cc1C. The Balaban J connectivity index is 2.35. The standard InChI is InChI=1S/C17H24O2/c1-12-10-14(3)15(11-13(12)2)16(18)17(19)8-6-4-5-7-9-17/h10-11,19H,4-9H2,1-3H3. The van der Waals surface area contributed by atoms with Crippen molar-refractivity contribution in [2.45, 2.75) is 64.9 Å². The monoisotopic (exact) mass is 260 g/mol. The minimum atomic E-state index is -1.14. The van der Waals surface area contributed by atoms with Crippen LogP contribution in [-0.4, -0.2) is 16.5 Å². The van der Waals surface area contributed by atoms with E-state index in [1.807, 2.05) is 26.0 Å². The summed E-state index contributed by atoms with van der Waals surface area (Å²) in [4.78, 5) is 12.7. The van der Waals surface area contributed by atoms with Gasteiger partial charge in [0.2, 0.25) is 0 Å². The smallest absolute Gasteiger partial charge is 0.194 e. The molecule has 0 aliphatic heterocycles. The van der Waals surface area contributed by atoms with Gasteiger partial charge in [0.25, 0.3) is 0 Å². The van der Waals surface area contributed by atoms with Crippen LogP contribution in [-0.2, 0) is 0 Å². The van der Waals surface area contributed by atoms with Crippen LogP contribution < -0.4 is 0 Å². The van der Waals surface area contributed by atoms with Crippen LogP contribution in [0.4, 0.5) is 0 Å². The lowest BCUT2D eigenvalue weighted by molar-refractivity contribution is 0.0237. The zero-order valence-corrected chi connectivity index (χ0v) is 12.3. The lowest BCUT2D eigenvalue weighted by atomic mass is 9.83. The van der Waals surface area contributed by atoms with Crippen molar-refractivity contribution in [3.63, 3.8) is 0 Å². The lowest BCUT2D eigenvalue weighted by Gasteiger charge is -2.26. The Bertz CT molecular complexity index is 480. The van der Waals surface area contributed by atoms with Crippen LogP contribution in [0, 0.1) is 20.8 Å². The van der Waals surface area contributed by atoms with E-state index < -0.39 is 5.60 Å². The van der Waals surface area contributed by atoms with Gasteiger partial charge in [-0.2, -0.15) is 0 Å². The van der Waals surface area contributed by atoms with E-state index in [4.69, 9.17) is 0 Å². The van der Waals surface area contributed by atoms with Gasteiger partial charge in [-0.3, -0.25) is 4.79 Å². The molecule has 0 unspecified atom stereocenters. The topological polar surface area (TPSA) is 37.3 Å². The van der Waals surface area contributed by atoms with Crippen molar-refractivity contribution >= 4 is 5.78 Å². The molecule has 1 aliphatic rings. The minimum absolute atomic E-state index is 0.0741. The van der Waals surface area contributed by atoms with Crippen molar-refractivity contribution in [2.75, 3.05) is 0 Å². The van der Waals surface area contributed by atoms with E-state index in [0.717, 1.165) is 36.8 Å². The van der Waals surface area contributed by atoms with Gasteiger partial charge in [-0.15, -0.1) is 0 Å². The van der Waals surface area contributed by atoms with E-state index in [-0.39, 0.29) is 5.78 Å². The van der Waals surface area contributed by atoms with Gasteiger partial charge in [0, 0.05) is 5.56 Å². The summed E-state index contributed by atoms with van der Waals surface area (Å²) in [5, 5.41) is 10.7. The fourth-order valence-corrected chi connectivity index (χ4v) is 3.00. The molecule has 2 nitrogen and oxygen atoms in total. The van der Waals surface area contributed by atoms with Crippen LogP contribution in [0.1, 0.15) is 65.6 Å². The molecule has 19 heavy (non-hydrogen) atoms. The van der Waals surface area contributed by atoms with Gasteiger partial charge >= 0.3 is 0 Å². The van der Waals surface area contributed by atoms with Crippen molar-refractivity contribution in [3.8, 4) is 0 Å². The van der Waals surface area contributed by atoms with Gasteiger partial charge in [-0.25, -0.2) is 0 Å². The molecule has 104 valence electrons. The Morgan fingerprint density at radius 2 is 1.47 bits per heavy atom. The maximum absolute atomic E-state index is 12.7. The van der Waals surface area contributed by atoms with Crippen LogP contribution in [0.5, 0.6) is 0 Å². The van der Waals surface area contributed by atoms with E-state index in [1.54, 1.807) is 0 Å². The highest BCUT2D eigenvalue weighted by Gasteiger charge is 2.37. The number of rotatable bonds is 2. The molecular formula is C17H24O2. The van der Waals surface area contributed by atoms with E-state index >= 15 is 0 Å². The van der Waals surface area contributed by atoms with Crippen LogP contribution in [0.3, 0.4) is 0 Å². The zero-order chi connectivity index (χ0) is 14.0. The van der Waals surface area contributed by atoms with Crippen LogP contribution in [0.2, 0.25) is 0 Å². The fraction of sp³-hybridized carbons (Fsp3) is 0.588. The third-order valence-electron chi connectivity index (χ3n) is 4.44. The number of Topliss-reactive ketones (excluding diaryl/α,β-unsaturated/α-hetero) is 1. The van der Waals surface area contributed by atoms with Gasteiger partial charge in [-0.1, -0.05) is 31.7 Å². The molecule has 1 saturated carbocycles. The number of ketones is 1. The van der Waals surface area contributed by atoms with Crippen LogP contribution in [0.15, 0.2) is 12.1 Å². The van der Waals surface area contributed by atoms with Crippen LogP contribution >= 0.6 is 0 Å². The van der Waals surface area contributed by atoms with Gasteiger partial charge < -0.3 is 5.11 Å². The number of aryl methyl sites for hydroxylation is 3. The Morgan fingerprint density at radius 1 is 0.947 bits per heavy atom. The number of carbonyl (C=O) groups excluding carboxylic acids is 1. The average molecular weight is 260 g/mol. The first-order chi connectivity index (χ1) is 8.94. The molecule has 0 radical (unpaired) electrons. The molecule has 1 aliphatic carbocycles. The zero-order valence-electron chi connectivity index (χ0n) is 12.3. The summed E-state index contributed by atoms with van der Waals surface area (Å²) in [7, 11) is 0. The second-order valence-electron chi connectivity index (χ2n) is 6.03. The summed E-state index contributed by atoms with van der Waals surface area (Å²) in [5.41, 5.74) is 2.86. The Labute approximate surface area is 115 Å². The second kappa shape index (κ2) is 5.46. The number of hydrogen-bond donors (Lipinski definition) is 1. The van der Waals surface area contributed by atoms with Crippen LogP contribution in [0.25, 0.3) is 0 Å². The van der Waals surface area contributed by atoms with Gasteiger partial charge in [0.15, 0.2) is 5.78 Å². The molecule has 0 amide bonds. The highest BCUT2D eigenvalue weighted by atomic mass is 16.3. The first-order valence-electron chi connectivity index (χ1n) is 7.29. The molecule has 1 aromatic carbocycles. The maximum atomic E-state index is 12.7. The summed E-state index contributed by atoms with van der Waals surface area (Å²) in [6.07, 6.45) is 5.37. The molecule has 0 saturated heterocycles. The molecule has 0 aromatic heterocycles. The van der Waals surface area contributed by atoms with E-state index in [0.29, 0.717) is 18.4 Å². The lowest BCUT2D eigenvalue weighted by Crippen LogP contribution is -2.38. The fourth-order valence-electron chi connectivity index (χ4n) is 3.00. The molecule has 0 heterocycles. The molecule has 1 aromatic rings. The third kappa shape index (κ3) is 2.89. The van der Waals surface area contributed by atoms with E-state index in [1.165, 1.54) is 5.56 Å². The van der Waals surface area contributed by atoms with Gasteiger partial charge in [0.05, 0.1) is 0 Å². The number of carbonyl (C=O) groups is 1. The van der Waals surface area contributed by atoms with E-state index in [2.05, 4.69) is 6.92 Å². The molecule has 1 fully saturated rings. The summed E-state index contributed by atoms with van der Waals surface area (Å²) in [6.45, 7) is 6.03. The highest BCUT2D eigenvalue weighted by Crippen LogP contribution is 2.31. The van der Waals surface area contributed by atoms with Crippen molar-refractivity contribution in [1.82, 2.24) is 0 Å². The first-order valence-corrected chi connectivity index (χ1v) is 7.29. The summed E-state index contributed by atoms with van der Waals surface area (Å²) in [6, 6.07) is 3.98. The molecule has 0 spiro atoms. The number of hydrogen-bond acceptors (Lipinski definition) is 2. The molecular weight excluding hydrogens is 236 g/mol. The second-order valence-corrected chi connectivity index (χ2v) is 6.03. The number of benzene rings is 1. The summed E-state index contributed by atoms with van der Waals surface area (Å²) in [5.74, 6) is -0.0741.